The number of aromatic nitrogens is 2. The Hall–Kier alpha value is -3.23. The summed E-state index contributed by atoms with van der Waals surface area (Å²) < 4.78 is 5.29. The Morgan fingerprint density at radius 2 is 1.93 bits per heavy atom. The van der Waals surface area contributed by atoms with Gasteiger partial charge in [-0.15, -0.1) is 10.2 Å². The predicted octanol–water partition coefficient (Wildman–Crippen LogP) is 2.05. The third kappa shape index (κ3) is 3.97. The molecule has 142 valence electrons. The number of nitro benzene ring substituents is 1. The maximum Gasteiger partial charge on any atom is 0.273 e. The molecular weight excluding hydrogens is 350 g/mol. The van der Waals surface area contributed by atoms with Crippen LogP contribution in [0.25, 0.3) is 0 Å². The molecule has 1 saturated heterocycles. The Morgan fingerprint density at radius 3 is 2.52 bits per heavy atom. The van der Waals surface area contributed by atoms with Crippen LogP contribution in [-0.2, 0) is 0 Å². The zero-order chi connectivity index (χ0) is 19.4. The van der Waals surface area contributed by atoms with Gasteiger partial charge in [0.05, 0.1) is 11.5 Å². The van der Waals surface area contributed by atoms with Crippen molar-refractivity contribution >= 4 is 17.4 Å². The molecule has 9 nitrogen and oxygen atoms in total. The second-order valence-electron chi connectivity index (χ2n) is 6.15. The van der Waals surface area contributed by atoms with E-state index in [1.807, 2.05) is 17.9 Å². The Kier molecular flexibility index (Phi) is 5.49. The van der Waals surface area contributed by atoms with Crippen LogP contribution in [0.3, 0.4) is 0 Å². The zero-order valence-electron chi connectivity index (χ0n) is 15.3. The van der Waals surface area contributed by atoms with E-state index in [0.29, 0.717) is 49.8 Å². The third-order valence-electron chi connectivity index (χ3n) is 4.54. The van der Waals surface area contributed by atoms with Crippen LogP contribution in [0.4, 0.5) is 11.5 Å². The number of benzene rings is 1. The lowest BCUT2D eigenvalue weighted by Crippen LogP contribution is -2.49. The molecule has 0 atom stereocenters. The summed E-state index contributed by atoms with van der Waals surface area (Å²) in [5, 5.41) is 19.3. The van der Waals surface area contributed by atoms with E-state index in [9.17, 15) is 14.9 Å². The molecule has 0 radical (unpaired) electrons. The molecule has 1 amide bonds. The lowest BCUT2D eigenvalue weighted by atomic mass is 10.1. The van der Waals surface area contributed by atoms with Gasteiger partial charge in [-0.25, -0.2) is 0 Å². The second-order valence-corrected chi connectivity index (χ2v) is 6.15. The quantitative estimate of drug-likeness (QED) is 0.585. The van der Waals surface area contributed by atoms with Crippen molar-refractivity contribution in [2.75, 3.05) is 37.7 Å². The summed E-state index contributed by atoms with van der Waals surface area (Å²) in [5.74, 6) is 1.03. The predicted molar refractivity (Wildman–Crippen MR) is 99.2 cm³/mol. The van der Waals surface area contributed by atoms with Crippen LogP contribution < -0.4 is 9.64 Å². The fourth-order valence-electron chi connectivity index (χ4n) is 3.07. The van der Waals surface area contributed by atoms with Crippen LogP contribution in [-0.4, -0.2) is 58.7 Å². The molecule has 2 heterocycles. The number of hydrogen-bond acceptors (Lipinski definition) is 7. The molecular formula is C18H21N5O4. The SMILES string of the molecule is CCOc1ccc(N2CCN(C(=O)c3cccc([N+](=O)[O-])c3C)CC2)nn1. The number of ether oxygens (including phenoxy) is 1. The highest BCUT2D eigenvalue weighted by atomic mass is 16.6. The molecule has 9 heteroatoms. The minimum absolute atomic E-state index is 0.0378. The van der Waals surface area contributed by atoms with Crippen LogP contribution in [0.15, 0.2) is 30.3 Å². The first kappa shape index (κ1) is 18.6. The van der Waals surface area contributed by atoms with E-state index in [1.165, 1.54) is 6.07 Å². The zero-order valence-corrected chi connectivity index (χ0v) is 15.3. The van der Waals surface area contributed by atoms with Crippen molar-refractivity contribution in [2.45, 2.75) is 13.8 Å². The van der Waals surface area contributed by atoms with Crippen LogP contribution in [0.1, 0.15) is 22.8 Å². The molecule has 0 spiro atoms. The molecule has 1 aromatic carbocycles. The van der Waals surface area contributed by atoms with E-state index in [2.05, 4.69) is 10.2 Å². The normalized spacial score (nSPS) is 14.1. The maximum atomic E-state index is 12.8. The monoisotopic (exact) mass is 371 g/mol. The number of piperazine rings is 1. The molecule has 0 aliphatic carbocycles. The van der Waals surface area contributed by atoms with E-state index in [0.717, 1.165) is 5.82 Å². The molecule has 2 aromatic rings. The fraction of sp³-hybridized carbons (Fsp3) is 0.389. The van der Waals surface area contributed by atoms with Gasteiger partial charge in [0.2, 0.25) is 5.88 Å². The van der Waals surface area contributed by atoms with E-state index in [1.54, 1.807) is 30.0 Å². The van der Waals surface area contributed by atoms with E-state index >= 15 is 0 Å². The van der Waals surface area contributed by atoms with E-state index < -0.39 is 4.92 Å². The first-order chi connectivity index (χ1) is 13.0. The van der Waals surface area contributed by atoms with Gasteiger partial charge < -0.3 is 14.5 Å². The average molecular weight is 371 g/mol. The molecule has 1 fully saturated rings. The van der Waals surface area contributed by atoms with Crippen molar-refractivity contribution in [1.29, 1.82) is 0 Å². The van der Waals surface area contributed by atoms with E-state index in [-0.39, 0.29) is 11.6 Å². The molecule has 1 aromatic heterocycles. The highest BCUT2D eigenvalue weighted by Gasteiger charge is 2.26. The Labute approximate surface area is 156 Å². The molecule has 0 saturated carbocycles. The first-order valence-electron chi connectivity index (χ1n) is 8.76. The number of rotatable bonds is 5. The maximum absolute atomic E-state index is 12.8. The largest absolute Gasteiger partial charge is 0.477 e. The van der Waals surface area contributed by atoms with Crippen molar-refractivity contribution < 1.29 is 14.5 Å². The van der Waals surface area contributed by atoms with Crippen LogP contribution in [0.5, 0.6) is 5.88 Å². The molecule has 0 bridgehead atoms. The summed E-state index contributed by atoms with van der Waals surface area (Å²) >= 11 is 0. The van der Waals surface area contributed by atoms with Gasteiger partial charge in [0.15, 0.2) is 5.82 Å². The third-order valence-corrected chi connectivity index (χ3v) is 4.54. The fourth-order valence-corrected chi connectivity index (χ4v) is 3.07. The van der Waals surface area contributed by atoms with Gasteiger partial charge in [-0.1, -0.05) is 6.07 Å². The standard InChI is InChI=1S/C18H21N5O4/c1-3-27-17-8-7-16(19-20-17)21-9-11-22(12-10-21)18(24)14-5-4-6-15(13(14)2)23(25)26/h4-8H,3,9-12H2,1-2H3. The lowest BCUT2D eigenvalue weighted by Gasteiger charge is -2.35. The Balaban J connectivity index is 1.66. The smallest absolute Gasteiger partial charge is 0.273 e. The van der Waals surface area contributed by atoms with Gasteiger partial charge in [0.25, 0.3) is 11.6 Å². The summed E-state index contributed by atoms with van der Waals surface area (Å²) in [6.07, 6.45) is 0. The number of carbonyl (C=O) groups excluding carboxylic acids is 1. The van der Waals surface area contributed by atoms with Crippen molar-refractivity contribution in [3.8, 4) is 5.88 Å². The highest BCUT2D eigenvalue weighted by molar-refractivity contribution is 5.96. The van der Waals surface area contributed by atoms with Gasteiger partial charge in [-0.3, -0.25) is 14.9 Å². The van der Waals surface area contributed by atoms with Crippen LogP contribution in [0, 0.1) is 17.0 Å². The number of carbonyl (C=O) groups is 1. The molecule has 27 heavy (non-hydrogen) atoms. The van der Waals surface area contributed by atoms with Crippen LogP contribution in [0.2, 0.25) is 0 Å². The van der Waals surface area contributed by atoms with Crippen molar-refractivity contribution in [1.82, 2.24) is 15.1 Å². The van der Waals surface area contributed by atoms with Crippen molar-refractivity contribution in [3.63, 3.8) is 0 Å². The summed E-state index contributed by atoms with van der Waals surface area (Å²) in [6.45, 7) is 6.27. The molecule has 0 unspecified atom stereocenters. The Morgan fingerprint density at radius 1 is 1.19 bits per heavy atom. The number of amides is 1. The second kappa shape index (κ2) is 7.98. The van der Waals surface area contributed by atoms with Gasteiger partial charge >= 0.3 is 0 Å². The van der Waals surface area contributed by atoms with Gasteiger partial charge in [-0.05, 0) is 26.0 Å². The number of anilines is 1. The summed E-state index contributed by atoms with van der Waals surface area (Å²) in [4.78, 5) is 27.2. The minimum atomic E-state index is -0.464. The van der Waals surface area contributed by atoms with Gasteiger partial charge in [0.1, 0.15) is 0 Å². The van der Waals surface area contributed by atoms with Gasteiger partial charge in [-0.2, -0.15) is 0 Å². The molecule has 1 aliphatic heterocycles. The number of nitrogens with zero attached hydrogens (tertiary/aromatic N) is 5. The minimum Gasteiger partial charge on any atom is -0.477 e. The van der Waals surface area contributed by atoms with E-state index in [4.69, 9.17) is 4.74 Å². The molecule has 1 aliphatic rings. The molecule has 3 rings (SSSR count). The van der Waals surface area contributed by atoms with Gasteiger partial charge in [0, 0.05) is 49.4 Å². The first-order valence-corrected chi connectivity index (χ1v) is 8.76. The average Bonchev–Trinajstić information content (AvgIpc) is 2.68. The van der Waals surface area contributed by atoms with Crippen molar-refractivity contribution in [2.24, 2.45) is 0 Å². The Bertz CT molecular complexity index is 832. The van der Waals surface area contributed by atoms with Crippen LogP contribution >= 0.6 is 0 Å². The number of hydrogen-bond donors (Lipinski definition) is 0. The highest BCUT2D eigenvalue weighted by Crippen LogP contribution is 2.23. The summed E-state index contributed by atoms with van der Waals surface area (Å²) in [7, 11) is 0. The summed E-state index contributed by atoms with van der Waals surface area (Å²) in [6, 6.07) is 8.21. The molecule has 0 N–H and O–H groups in total. The number of nitro groups is 1. The summed E-state index contributed by atoms with van der Waals surface area (Å²) in [5.41, 5.74) is 0.731. The lowest BCUT2D eigenvalue weighted by molar-refractivity contribution is -0.385. The topological polar surface area (TPSA) is 102 Å². The van der Waals surface area contributed by atoms with Crippen molar-refractivity contribution in [3.05, 3.63) is 51.6 Å².